The Labute approximate surface area is 191 Å². The van der Waals surface area contributed by atoms with Crippen LogP contribution < -0.4 is 21.5 Å². The smallest absolute Gasteiger partial charge is 0.274 e. The molecule has 10 nitrogen and oxygen atoms in total. The first-order valence-electron chi connectivity index (χ1n) is 11.4. The number of pyridine rings is 1. The van der Waals surface area contributed by atoms with Gasteiger partial charge in [0.25, 0.3) is 11.5 Å². The van der Waals surface area contributed by atoms with Gasteiger partial charge >= 0.3 is 0 Å². The predicted octanol–water partition coefficient (Wildman–Crippen LogP) is 2.43. The van der Waals surface area contributed by atoms with E-state index in [2.05, 4.69) is 26.0 Å². The van der Waals surface area contributed by atoms with Crippen LogP contribution in [0.1, 0.15) is 61.8 Å². The molecule has 0 bridgehead atoms. The Morgan fingerprint density at radius 1 is 1.24 bits per heavy atom. The van der Waals surface area contributed by atoms with Gasteiger partial charge in [-0.2, -0.15) is 9.61 Å². The van der Waals surface area contributed by atoms with Gasteiger partial charge in [-0.15, -0.1) is 0 Å². The molecule has 0 unspecified atom stereocenters. The van der Waals surface area contributed by atoms with Crippen LogP contribution in [0.3, 0.4) is 0 Å². The molecular weight excluding hydrogens is 422 g/mol. The topological polar surface area (TPSA) is 126 Å². The standard InChI is InChI=1S/C23H29N7O3/c1-23(33)9-7-15(8-10-23)29-11-3-4-17(22(29)32)27-18-12-19(24-2)30-20(28-18)16(13-25-30)21(31)26-14-5-6-14/h3-4,11-15,24,33H,5-10H2,1-2H3,(H,26,31)(H,27,28)/t15-,23-. The van der Waals surface area contributed by atoms with Crippen molar-refractivity contribution in [2.45, 2.75) is 63.1 Å². The van der Waals surface area contributed by atoms with E-state index in [1.807, 2.05) is 13.0 Å². The molecule has 174 valence electrons. The first-order chi connectivity index (χ1) is 15.8. The zero-order chi connectivity index (χ0) is 23.2. The van der Waals surface area contributed by atoms with Crippen LogP contribution >= 0.6 is 0 Å². The zero-order valence-corrected chi connectivity index (χ0v) is 18.8. The molecule has 0 atom stereocenters. The van der Waals surface area contributed by atoms with E-state index in [0.29, 0.717) is 41.4 Å². The molecule has 2 saturated carbocycles. The molecule has 1 amide bonds. The Kier molecular flexibility index (Phi) is 5.32. The molecule has 2 aliphatic carbocycles. The summed E-state index contributed by atoms with van der Waals surface area (Å²) >= 11 is 0. The summed E-state index contributed by atoms with van der Waals surface area (Å²) in [6, 6.07) is 5.58. The maximum absolute atomic E-state index is 13.2. The van der Waals surface area contributed by atoms with E-state index in [4.69, 9.17) is 0 Å². The van der Waals surface area contributed by atoms with Crippen molar-refractivity contribution < 1.29 is 9.90 Å². The van der Waals surface area contributed by atoms with E-state index in [1.54, 1.807) is 34.5 Å². The number of fused-ring (bicyclic) bond motifs is 1. The SMILES string of the molecule is CNc1cc(Nc2cccn([C@H]3CC[C@](C)(O)CC3)c2=O)nc2c(C(=O)NC3CC3)cnn12. The molecule has 2 aliphatic rings. The molecule has 3 aromatic rings. The van der Waals surface area contributed by atoms with Crippen LogP contribution in [0.4, 0.5) is 17.3 Å². The highest BCUT2D eigenvalue weighted by molar-refractivity contribution is 6.00. The highest BCUT2D eigenvalue weighted by atomic mass is 16.3. The van der Waals surface area contributed by atoms with Crippen molar-refractivity contribution in [3.63, 3.8) is 0 Å². The fourth-order valence-corrected chi connectivity index (χ4v) is 4.39. The van der Waals surface area contributed by atoms with Crippen molar-refractivity contribution in [3.8, 4) is 0 Å². The Balaban J connectivity index is 1.45. The van der Waals surface area contributed by atoms with Crippen LogP contribution in [-0.2, 0) is 0 Å². The molecular formula is C23H29N7O3. The van der Waals surface area contributed by atoms with Crippen LogP contribution in [0.25, 0.3) is 5.65 Å². The molecule has 4 N–H and O–H groups in total. The summed E-state index contributed by atoms with van der Waals surface area (Å²) in [7, 11) is 1.76. The van der Waals surface area contributed by atoms with Crippen LogP contribution in [-0.4, -0.2) is 48.9 Å². The quantitative estimate of drug-likeness (QED) is 0.453. The van der Waals surface area contributed by atoms with E-state index in [1.165, 1.54) is 6.20 Å². The van der Waals surface area contributed by atoms with Crippen molar-refractivity contribution in [2.75, 3.05) is 17.7 Å². The minimum Gasteiger partial charge on any atom is -0.390 e. The van der Waals surface area contributed by atoms with Gasteiger partial charge < -0.3 is 25.6 Å². The van der Waals surface area contributed by atoms with Crippen molar-refractivity contribution >= 4 is 28.9 Å². The number of hydrogen-bond acceptors (Lipinski definition) is 7. The number of nitrogens with one attached hydrogen (secondary N) is 3. The highest BCUT2D eigenvalue weighted by Gasteiger charge is 2.30. The molecule has 0 saturated heterocycles. The Morgan fingerprint density at radius 3 is 2.70 bits per heavy atom. The van der Waals surface area contributed by atoms with Crippen molar-refractivity contribution in [1.29, 1.82) is 0 Å². The van der Waals surface area contributed by atoms with Gasteiger partial charge in [-0.05, 0) is 57.6 Å². The van der Waals surface area contributed by atoms with Crippen LogP contribution in [0, 0.1) is 0 Å². The molecule has 3 aromatic heterocycles. The lowest BCUT2D eigenvalue weighted by atomic mass is 9.83. The summed E-state index contributed by atoms with van der Waals surface area (Å²) in [6.07, 6.45) is 8.12. The van der Waals surface area contributed by atoms with Gasteiger partial charge in [0.15, 0.2) is 5.65 Å². The first-order valence-corrected chi connectivity index (χ1v) is 11.4. The van der Waals surface area contributed by atoms with Gasteiger partial charge in [-0.3, -0.25) is 9.59 Å². The number of carbonyl (C=O) groups is 1. The average molecular weight is 452 g/mol. The largest absolute Gasteiger partial charge is 0.390 e. The summed E-state index contributed by atoms with van der Waals surface area (Å²) in [6.45, 7) is 1.85. The van der Waals surface area contributed by atoms with E-state index in [-0.39, 0.29) is 23.6 Å². The lowest BCUT2D eigenvalue weighted by molar-refractivity contribution is 0.00956. The normalized spacial score (nSPS) is 22.8. The second-order valence-electron chi connectivity index (χ2n) is 9.31. The van der Waals surface area contributed by atoms with E-state index >= 15 is 0 Å². The van der Waals surface area contributed by atoms with Gasteiger partial charge in [0, 0.05) is 31.4 Å². The minimum absolute atomic E-state index is 0.0512. The van der Waals surface area contributed by atoms with Crippen molar-refractivity contribution in [3.05, 3.63) is 46.5 Å². The zero-order valence-electron chi connectivity index (χ0n) is 18.8. The summed E-state index contributed by atoms with van der Waals surface area (Å²) < 4.78 is 3.31. The van der Waals surface area contributed by atoms with Gasteiger partial charge in [-0.25, -0.2) is 4.98 Å². The van der Waals surface area contributed by atoms with E-state index in [9.17, 15) is 14.7 Å². The van der Waals surface area contributed by atoms with Crippen molar-refractivity contribution in [1.82, 2.24) is 24.5 Å². The maximum atomic E-state index is 13.2. The highest BCUT2D eigenvalue weighted by Crippen LogP contribution is 2.34. The summed E-state index contributed by atoms with van der Waals surface area (Å²) in [5.74, 6) is 0.877. The number of hydrogen-bond donors (Lipinski definition) is 4. The number of aliphatic hydroxyl groups is 1. The second kappa shape index (κ2) is 8.18. The molecule has 10 heteroatoms. The third-order valence-corrected chi connectivity index (χ3v) is 6.55. The Bertz CT molecular complexity index is 1250. The molecule has 2 fully saturated rings. The van der Waals surface area contributed by atoms with Gasteiger partial charge in [0.1, 0.15) is 22.9 Å². The predicted molar refractivity (Wildman–Crippen MR) is 125 cm³/mol. The van der Waals surface area contributed by atoms with Crippen LogP contribution in [0.15, 0.2) is 35.4 Å². The number of nitrogens with zero attached hydrogens (tertiary/aromatic N) is 4. The fraction of sp³-hybridized carbons (Fsp3) is 0.478. The molecule has 0 aliphatic heterocycles. The van der Waals surface area contributed by atoms with Gasteiger partial charge in [0.05, 0.1) is 11.8 Å². The van der Waals surface area contributed by atoms with Gasteiger partial charge in [0.2, 0.25) is 0 Å². The summed E-state index contributed by atoms with van der Waals surface area (Å²) in [4.78, 5) is 30.5. The number of aromatic nitrogens is 4. The maximum Gasteiger partial charge on any atom is 0.274 e. The van der Waals surface area contributed by atoms with E-state index < -0.39 is 5.60 Å². The average Bonchev–Trinajstić information content (AvgIpc) is 3.50. The number of carbonyl (C=O) groups excluding carboxylic acids is 1. The summed E-state index contributed by atoms with van der Waals surface area (Å²) in [5, 5.41) is 23.7. The Hall–Kier alpha value is -3.40. The fourth-order valence-electron chi connectivity index (χ4n) is 4.39. The third kappa shape index (κ3) is 4.30. The minimum atomic E-state index is -0.659. The molecule has 3 heterocycles. The van der Waals surface area contributed by atoms with Gasteiger partial charge in [-0.1, -0.05) is 0 Å². The number of amides is 1. The lowest BCUT2D eigenvalue weighted by Gasteiger charge is -2.34. The molecule has 33 heavy (non-hydrogen) atoms. The van der Waals surface area contributed by atoms with Crippen LogP contribution in [0.5, 0.6) is 0 Å². The molecule has 0 spiro atoms. The number of rotatable bonds is 6. The second-order valence-corrected chi connectivity index (χ2v) is 9.31. The molecule has 5 rings (SSSR count). The molecule has 0 radical (unpaired) electrons. The van der Waals surface area contributed by atoms with Crippen molar-refractivity contribution in [2.24, 2.45) is 0 Å². The lowest BCUT2D eigenvalue weighted by Crippen LogP contribution is -2.35. The summed E-state index contributed by atoms with van der Waals surface area (Å²) in [5.41, 5.74) is 0.400. The Morgan fingerprint density at radius 2 is 2.00 bits per heavy atom. The van der Waals surface area contributed by atoms with Crippen LogP contribution in [0.2, 0.25) is 0 Å². The first kappa shape index (κ1) is 21.4. The monoisotopic (exact) mass is 451 g/mol. The third-order valence-electron chi connectivity index (χ3n) is 6.55. The number of anilines is 3. The van der Waals surface area contributed by atoms with E-state index in [0.717, 1.165) is 25.7 Å². The molecule has 0 aromatic carbocycles.